The number of methoxy groups -OCH3 is 2. The molecule has 5 rings (SSSR count). The highest BCUT2D eigenvalue weighted by atomic mass is 16.5. The third-order valence-corrected chi connectivity index (χ3v) is 6.82. The van der Waals surface area contributed by atoms with E-state index in [2.05, 4.69) is 58.5 Å². The van der Waals surface area contributed by atoms with Gasteiger partial charge in [-0.05, 0) is 77.9 Å². The molecule has 0 unspecified atom stereocenters. The third-order valence-electron chi connectivity index (χ3n) is 6.82. The van der Waals surface area contributed by atoms with Crippen molar-refractivity contribution in [3.05, 3.63) is 127 Å². The van der Waals surface area contributed by atoms with Crippen molar-refractivity contribution in [3.8, 4) is 28.7 Å². The monoisotopic (exact) mass is 579 g/mol. The number of aromatic nitrogens is 2. The van der Waals surface area contributed by atoms with Gasteiger partial charge in [0.2, 0.25) is 0 Å². The fourth-order valence-electron chi connectivity index (χ4n) is 4.61. The van der Waals surface area contributed by atoms with Gasteiger partial charge in [0.05, 0.1) is 33.1 Å². The quantitative estimate of drug-likeness (QED) is 0.123. The highest BCUT2D eigenvalue weighted by Gasteiger charge is 2.11. The van der Waals surface area contributed by atoms with Crippen LogP contribution in [0.3, 0.4) is 0 Å². The molecule has 0 bridgehead atoms. The van der Waals surface area contributed by atoms with Gasteiger partial charge in [-0.25, -0.2) is 4.68 Å². The Morgan fingerprint density at radius 2 is 1.26 bits per heavy atom. The van der Waals surface area contributed by atoms with Gasteiger partial charge in [-0.15, -0.1) is 0 Å². The first-order valence-electron chi connectivity index (χ1n) is 14.2. The van der Waals surface area contributed by atoms with Crippen LogP contribution in [0.15, 0.2) is 116 Å². The first-order valence-corrected chi connectivity index (χ1v) is 14.2. The average molecular weight is 580 g/mol. The minimum atomic E-state index is 0.453. The van der Waals surface area contributed by atoms with Gasteiger partial charge in [0, 0.05) is 37.2 Å². The van der Waals surface area contributed by atoms with Crippen LogP contribution in [0.25, 0.3) is 5.69 Å². The molecule has 0 N–H and O–H groups in total. The molecule has 0 fully saturated rings. The second-order valence-corrected chi connectivity index (χ2v) is 9.81. The first-order chi connectivity index (χ1) is 21.2. The standard InChI is InChI=1S/C35H37N3O5/c1-39-33-7-3-6-29(24-33)27-37(26-28-10-12-31(13-11-28)38-19-5-18-36-38)30-14-16-32(17-15-30)42-22-20-41-21-23-43-35-9-4-8-34(25-35)40-2/h3-19,24-25H,20-23,26-27H2,1-2H3. The van der Waals surface area contributed by atoms with Gasteiger partial charge in [-0.1, -0.05) is 30.3 Å². The van der Waals surface area contributed by atoms with Gasteiger partial charge in [0.1, 0.15) is 36.2 Å². The van der Waals surface area contributed by atoms with Crippen molar-refractivity contribution in [1.29, 1.82) is 0 Å². The van der Waals surface area contributed by atoms with Crippen LogP contribution in [0.1, 0.15) is 11.1 Å². The zero-order valence-electron chi connectivity index (χ0n) is 24.6. The van der Waals surface area contributed by atoms with E-state index in [1.54, 1.807) is 20.4 Å². The van der Waals surface area contributed by atoms with Gasteiger partial charge in [-0.2, -0.15) is 5.10 Å². The SMILES string of the molecule is COc1cccc(CN(Cc2ccc(-n3cccn3)cc2)c2ccc(OCCOCCOc3cccc(OC)c3)cc2)c1. The maximum absolute atomic E-state index is 5.93. The summed E-state index contributed by atoms with van der Waals surface area (Å²) in [6.45, 7) is 3.32. The lowest BCUT2D eigenvalue weighted by atomic mass is 10.1. The molecule has 0 amide bonds. The molecule has 222 valence electrons. The second-order valence-electron chi connectivity index (χ2n) is 9.81. The molecule has 5 aromatic rings. The summed E-state index contributed by atoms with van der Waals surface area (Å²) >= 11 is 0. The number of nitrogens with zero attached hydrogens (tertiary/aromatic N) is 3. The molecule has 4 aromatic carbocycles. The minimum absolute atomic E-state index is 0.453. The van der Waals surface area contributed by atoms with E-state index in [4.69, 9.17) is 23.7 Å². The molecule has 0 radical (unpaired) electrons. The predicted molar refractivity (Wildman–Crippen MR) is 168 cm³/mol. The molecule has 0 saturated carbocycles. The maximum Gasteiger partial charge on any atom is 0.123 e. The fraction of sp³-hybridized carbons (Fsp3) is 0.229. The van der Waals surface area contributed by atoms with Crippen LogP contribution in [-0.4, -0.2) is 50.4 Å². The number of benzene rings is 4. The summed E-state index contributed by atoms with van der Waals surface area (Å²) in [4.78, 5) is 2.34. The van der Waals surface area contributed by atoms with Crippen LogP contribution in [0, 0.1) is 0 Å². The number of anilines is 1. The van der Waals surface area contributed by atoms with E-state index in [9.17, 15) is 0 Å². The van der Waals surface area contributed by atoms with E-state index in [1.165, 1.54) is 11.1 Å². The molecule has 0 aliphatic rings. The Morgan fingerprint density at radius 1 is 0.605 bits per heavy atom. The van der Waals surface area contributed by atoms with Gasteiger partial charge in [0.15, 0.2) is 0 Å². The van der Waals surface area contributed by atoms with E-state index in [0.717, 1.165) is 47.5 Å². The van der Waals surface area contributed by atoms with E-state index < -0.39 is 0 Å². The molecule has 0 aliphatic heterocycles. The lowest BCUT2D eigenvalue weighted by Gasteiger charge is -2.26. The van der Waals surface area contributed by atoms with Crippen molar-refractivity contribution in [2.45, 2.75) is 13.1 Å². The summed E-state index contributed by atoms with van der Waals surface area (Å²) in [6.07, 6.45) is 3.72. The summed E-state index contributed by atoms with van der Waals surface area (Å²) < 4.78 is 29.8. The molecular weight excluding hydrogens is 542 g/mol. The van der Waals surface area contributed by atoms with E-state index in [1.807, 2.05) is 65.5 Å². The van der Waals surface area contributed by atoms with Gasteiger partial charge >= 0.3 is 0 Å². The van der Waals surface area contributed by atoms with Gasteiger partial charge < -0.3 is 28.6 Å². The Hall–Kier alpha value is -4.95. The van der Waals surface area contributed by atoms with Crippen molar-refractivity contribution < 1.29 is 23.7 Å². The van der Waals surface area contributed by atoms with Crippen molar-refractivity contribution in [3.63, 3.8) is 0 Å². The summed E-state index contributed by atoms with van der Waals surface area (Å²) in [5.74, 6) is 3.16. The van der Waals surface area contributed by atoms with Crippen LogP contribution >= 0.6 is 0 Å². The lowest BCUT2D eigenvalue weighted by Crippen LogP contribution is -2.22. The molecule has 0 aliphatic carbocycles. The van der Waals surface area contributed by atoms with E-state index in [-0.39, 0.29) is 0 Å². The Labute approximate surface area is 253 Å². The Bertz CT molecular complexity index is 1520. The molecule has 0 atom stereocenters. The fourth-order valence-corrected chi connectivity index (χ4v) is 4.61. The lowest BCUT2D eigenvalue weighted by molar-refractivity contribution is 0.0764. The molecular formula is C35H37N3O5. The second kappa shape index (κ2) is 15.3. The zero-order valence-corrected chi connectivity index (χ0v) is 24.6. The van der Waals surface area contributed by atoms with Gasteiger partial charge in [0.25, 0.3) is 0 Å². The smallest absolute Gasteiger partial charge is 0.123 e. The van der Waals surface area contributed by atoms with Crippen molar-refractivity contribution in [2.24, 2.45) is 0 Å². The molecule has 1 aromatic heterocycles. The molecule has 1 heterocycles. The molecule has 8 heteroatoms. The Morgan fingerprint density at radius 3 is 1.95 bits per heavy atom. The summed E-state index contributed by atoms with van der Waals surface area (Å²) in [5, 5.41) is 4.33. The summed E-state index contributed by atoms with van der Waals surface area (Å²) in [5.41, 5.74) is 4.49. The molecule has 8 nitrogen and oxygen atoms in total. The van der Waals surface area contributed by atoms with Crippen molar-refractivity contribution in [1.82, 2.24) is 9.78 Å². The number of hydrogen-bond acceptors (Lipinski definition) is 7. The van der Waals surface area contributed by atoms with Crippen molar-refractivity contribution in [2.75, 3.05) is 45.5 Å². The normalized spacial score (nSPS) is 10.7. The average Bonchev–Trinajstić information content (AvgIpc) is 3.60. The highest BCUT2D eigenvalue weighted by Crippen LogP contribution is 2.25. The summed E-state index contributed by atoms with van der Waals surface area (Å²) in [6, 6.07) is 34.3. The predicted octanol–water partition coefficient (Wildman–Crippen LogP) is 6.57. The van der Waals surface area contributed by atoms with E-state index >= 15 is 0 Å². The Balaban J connectivity index is 1.15. The van der Waals surface area contributed by atoms with Crippen molar-refractivity contribution >= 4 is 5.69 Å². The van der Waals surface area contributed by atoms with Crippen LogP contribution in [0.2, 0.25) is 0 Å². The third kappa shape index (κ3) is 8.77. The van der Waals surface area contributed by atoms with Crippen LogP contribution in [0.5, 0.6) is 23.0 Å². The number of rotatable bonds is 16. The zero-order chi connectivity index (χ0) is 29.7. The molecule has 43 heavy (non-hydrogen) atoms. The maximum atomic E-state index is 5.93. The summed E-state index contributed by atoms with van der Waals surface area (Å²) in [7, 11) is 3.33. The largest absolute Gasteiger partial charge is 0.497 e. The topological polar surface area (TPSA) is 67.2 Å². The minimum Gasteiger partial charge on any atom is -0.497 e. The van der Waals surface area contributed by atoms with Crippen LogP contribution in [-0.2, 0) is 17.8 Å². The highest BCUT2D eigenvalue weighted by molar-refractivity contribution is 5.51. The van der Waals surface area contributed by atoms with Crippen LogP contribution < -0.4 is 23.8 Å². The number of hydrogen-bond donors (Lipinski definition) is 0. The van der Waals surface area contributed by atoms with Gasteiger partial charge in [-0.3, -0.25) is 0 Å². The molecule has 0 spiro atoms. The Kier molecular flexibility index (Phi) is 10.5. The molecule has 0 saturated heterocycles. The van der Waals surface area contributed by atoms with Crippen LogP contribution in [0.4, 0.5) is 5.69 Å². The number of ether oxygens (including phenoxy) is 5. The first kappa shape index (κ1) is 29.5. The van der Waals surface area contributed by atoms with E-state index in [0.29, 0.717) is 26.4 Å².